The van der Waals surface area contributed by atoms with Gasteiger partial charge in [0.1, 0.15) is 12.7 Å². The second kappa shape index (κ2) is 4.97. The molecule has 0 bridgehead atoms. The van der Waals surface area contributed by atoms with Gasteiger partial charge in [0, 0.05) is 13.0 Å². The predicted molar refractivity (Wildman–Crippen MR) is 59.0 cm³/mol. The fourth-order valence-electron chi connectivity index (χ4n) is 1.64. The zero-order chi connectivity index (χ0) is 12.3. The molecule has 0 radical (unpaired) electrons. The van der Waals surface area contributed by atoms with E-state index < -0.39 is 18.1 Å². The van der Waals surface area contributed by atoms with Gasteiger partial charge in [-0.3, -0.25) is 4.79 Å². The van der Waals surface area contributed by atoms with Crippen molar-refractivity contribution in [3.05, 3.63) is 35.9 Å². The zero-order valence-corrected chi connectivity index (χ0v) is 9.20. The smallest absolute Gasteiger partial charge is 0.416 e. The minimum Gasteiger partial charge on any atom is -0.444 e. The highest BCUT2D eigenvalue weighted by Crippen LogP contribution is 2.13. The Labute approximate surface area is 98.6 Å². The summed E-state index contributed by atoms with van der Waals surface area (Å²) in [6.45, 7) is 0.340. The van der Waals surface area contributed by atoms with Gasteiger partial charge in [-0.2, -0.15) is 0 Å². The first-order chi connectivity index (χ1) is 8.18. The average molecular weight is 235 g/mol. The molecule has 0 unspecified atom stereocenters. The van der Waals surface area contributed by atoms with Gasteiger partial charge < -0.3 is 9.84 Å². The van der Waals surface area contributed by atoms with Gasteiger partial charge in [0.25, 0.3) is 5.91 Å². The molecule has 0 saturated carbocycles. The molecule has 5 heteroatoms. The number of ether oxygens (including phenoxy) is 1. The molecule has 2 rings (SSSR count). The van der Waals surface area contributed by atoms with Crippen molar-refractivity contribution in [2.45, 2.75) is 19.1 Å². The number of likely N-dealkylation sites (tertiary alicyclic amines) is 1. The standard InChI is InChI=1S/C12H13NO4/c14-10-6-7-13(11(10)15)12(16)17-8-9-4-2-1-3-5-9/h1-5,10,14H,6-8H2/t10-/m0/s1. The highest BCUT2D eigenvalue weighted by molar-refractivity contribution is 5.96. The molecule has 1 aromatic rings. The van der Waals surface area contributed by atoms with Crippen LogP contribution in [-0.2, 0) is 16.1 Å². The Kier molecular flexibility index (Phi) is 3.39. The van der Waals surface area contributed by atoms with Crippen LogP contribution < -0.4 is 0 Å². The highest BCUT2D eigenvalue weighted by Gasteiger charge is 2.35. The van der Waals surface area contributed by atoms with Crippen molar-refractivity contribution in [3.8, 4) is 0 Å². The van der Waals surface area contributed by atoms with E-state index in [1.165, 1.54) is 0 Å². The van der Waals surface area contributed by atoms with Crippen LogP contribution in [0.25, 0.3) is 0 Å². The van der Waals surface area contributed by atoms with Crippen LogP contribution >= 0.6 is 0 Å². The topological polar surface area (TPSA) is 66.8 Å². The summed E-state index contributed by atoms with van der Waals surface area (Å²) in [6, 6.07) is 9.20. The van der Waals surface area contributed by atoms with Gasteiger partial charge in [0.05, 0.1) is 0 Å². The summed E-state index contributed by atoms with van der Waals surface area (Å²) in [5.74, 6) is -0.580. The van der Waals surface area contributed by atoms with Crippen LogP contribution in [0.5, 0.6) is 0 Å². The van der Waals surface area contributed by atoms with Crippen LogP contribution in [0.4, 0.5) is 4.79 Å². The molecule has 1 N–H and O–H groups in total. The van der Waals surface area contributed by atoms with Gasteiger partial charge in [-0.25, -0.2) is 9.69 Å². The number of aliphatic hydroxyl groups excluding tert-OH is 1. The maximum Gasteiger partial charge on any atom is 0.416 e. The minimum atomic E-state index is -1.07. The molecule has 0 spiro atoms. The summed E-state index contributed by atoms with van der Waals surface area (Å²) >= 11 is 0. The SMILES string of the molecule is O=C(OCc1ccccc1)N1CC[C@H](O)C1=O. The van der Waals surface area contributed by atoms with Crippen LogP contribution in [0.1, 0.15) is 12.0 Å². The number of rotatable bonds is 2. The Bertz CT molecular complexity index is 418. The first kappa shape index (κ1) is 11.6. The van der Waals surface area contributed by atoms with E-state index in [4.69, 9.17) is 4.74 Å². The Morgan fingerprint density at radius 3 is 2.71 bits per heavy atom. The van der Waals surface area contributed by atoms with Crippen LogP contribution in [-0.4, -0.2) is 34.7 Å². The maximum absolute atomic E-state index is 11.5. The number of hydrogen-bond acceptors (Lipinski definition) is 4. The predicted octanol–water partition coefficient (Wildman–Crippen LogP) is 0.916. The molecule has 17 heavy (non-hydrogen) atoms. The van der Waals surface area contributed by atoms with E-state index in [2.05, 4.69) is 0 Å². The van der Waals surface area contributed by atoms with Gasteiger partial charge in [0.2, 0.25) is 0 Å². The number of amides is 2. The van der Waals surface area contributed by atoms with E-state index in [1.54, 1.807) is 0 Å². The Balaban J connectivity index is 1.88. The third kappa shape index (κ3) is 2.62. The normalized spacial score (nSPS) is 19.5. The van der Waals surface area contributed by atoms with Gasteiger partial charge in [-0.1, -0.05) is 30.3 Å². The van der Waals surface area contributed by atoms with E-state index in [0.717, 1.165) is 10.5 Å². The van der Waals surface area contributed by atoms with Crippen LogP contribution in [0.2, 0.25) is 0 Å². The van der Waals surface area contributed by atoms with Crippen molar-refractivity contribution in [3.63, 3.8) is 0 Å². The fraction of sp³-hybridized carbons (Fsp3) is 0.333. The van der Waals surface area contributed by atoms with Crippen molar-refractivity contribution < 1.29 is 19.4 Å². The number of hydrogen-bond donors (Lipinski definition) is 1. The quantitative estimate of drug-likeness (QED) is 0.827. The molecule has 0 aliphatic carbocycles. The number of carbonyl (C=O) groups excluding carboxylic acids is 2. The van der Waals surface area contributed by atoms with Gasteiger partial charge in [0.15, 0.2) is 0 Å². The molecular weight excluding hydrogens is 222 g/mol. The summed E-state index contributed by atoms with van der Waals surface area (Å²) in [4.78, 5) is 23.8. The lowest BCUT2D eigenvalue weighted by Crippen LogP contribution is -2.35. The van der Waals surface area contributed by atoms with E-state index >= 15 is 0 Å². The second-order valence-electron chi connectivity index (χ2n) is 3.83. The molecule has 2 amide bonds. The second-order valence-corrected chi connectivity index (χ2v) is 3.83. The number of nitrogens with zero attached hydrogens (tertiary/aromatic N) is 1. The summed E-state index contributed by atoms with van der Waals surface area (Å²) in [5.41, 5.74) is 0.855. The number of aliphatic hydroxyl groups is 1. The molecule has 5 nitrogen and oxygen atoms in total. The van der Waals surface area contributed by atoms with Crippen molar-refractivity contribution in [1.82, 2.24) is 4.90 Å². The van der Waals surface area contributed by atoms with Crippen LogP contribution in [0.3, 0.4) is 0 Å². The molecule has 1 saturated heterocycles. The first-order valence-corrected chi connectivity index (χ1v) is 5.38. The van der Waals surface area contributed by atoms with E-state index in [-0.39, 0.29) is 19.6 Å². The van der Waals surface area contributed by atoms with Crippen LogP contribution in [0.15, 0.2) is 30.3 Å². The largest absolute Gasteiger partial charge is 0.444 e. The van der Waals surface area contributed by atoms with Crippen molar-refractivity contribution in [1.29, 1.82) is 0 Å². The van der Waals surface area contributed by atoms with Gasteiger partial charge >= 0.3 is 6.09 Å². The third-order valence-electron chi connectivity index (χ3n) is 2.60. The molecule has 90 valence electrons. The molecular formula is C12H13NO4. The summed E-state index contributed by atoms with van der Waals surface area (Å²) in [6.07, 6.45) is -1.49. The molecule has 1 fully saturated rings. The zero-order valence-electron chi connectivity index (χ0n) is 9.20. The summed E-state index contributed by atoms with van der Waals surface area (Å²) in [5, 5.41) is 9.20. The molecule has 1 aromatic carbocycles. The molecule has 0 aromatic heterocycles. The lowest BCUT2D eigenvalue weighted by atomic mass is 10.2. The van der Waals surface area contributed by atoms with Crippen molar-refractivity contribution >= 4 is 12.0 Å². The fourth-order valence-corrected chi connectivity index (χ4v) is 1.64. The lowest BCUT2D eigenvalue weighted by Gasteiger charge is -2.13. The highest BCUT2D eigenvalue weighted by atomic mass is 16.6. The summed E-state index contributed by atoms with van der Waals surface area (Å²) < 4.78 is 4.99. The molecule has 1 atom stereocenters. The number of imide groups is 1. The van der Waals surface area contributed by atoms with Gasteiger partial charge in [-0.15, -0.1) is 0 Å². The molecule has 1 aliphatic rings. The third-order valence-corrected chi connectivity index (χ3v) is 2.60. The maximum atomic E-state index is 11.5. The Morgan fingerprint density at radius 2 is 2.12 bits per heavy atom. The molecule has 1 heterocycles. The summed E-state index contributed by atoms with van der Waals surface area (Å²) in [7, 11) is 0. The van der Waals surface area contributed by atoms with E-state index in [9.17, 15) is 14.7 Å². The van der Waals surface area contributed by atoms with E-state index in [0.29, 0.717) is 0 Å². The van der Waals surface area contributed by atoms with Crippen molar-refractivity contribution in [2.24, 2.45) is 0 Å². The van der Waals surface area contributed by atoms with E-state index in [1.807, 2.05) is 30.3 Å². The Morgan fingerprint density at radius 1 is 1.41 bits per heavy atom. The van der Waals surface area contributed by atoms with Crippen molar-refractivity contribution in [2.75, 3.05) is 6.54 Å². The lowest BCUT2D eigenvalue weighted by molar-refractivity contribution is -0.133. The molecule has 1 aliphatic heterocycles. The monoisotopic (exact) mass is 235 g/mol. The minimum absolute atomic E-state index is 0.125. The van der Waals surface area contributed by atoms with Gasteiger partial charge in [-0.05, 0) is 5.56 Å². The average Bonchev–Trinajstić information content (AvgIpc) is 2.69. The first-order valence-electron chi connectivity index (χ1n) is 5.38. The van der Waals surface area contributed by atoms with Crippen LogP contribution in [0, 0.1) is 0 Å². The Hall–Kier alpha value is -1.88. The number of benzene rings is 1. The number of carbonyl (C=O) groups is 2.